The maximum Gasteiger partial charge on any atom is 0.243 e. The second kappa shape index (κ2) is 5.40. The molecule has 0 aliphatic heterocycles. The summed E-state index contributed by atoms with van der Waals surface area (Å²) in [6, 6.07) is 7.23. The SMILES string of the molecule is Nc1cc(F)cc(S(=O)(=O)N(Cc2cccs2)C2CC2)c1. The lowest BCUT2D eigenvalue weighted by Gasteiger charge is -2.21. The van der Waals surface area contributed by atoms with Crippen LogP contribution in [0.3, 0.4) is 0 Å². The fourth-order valence-corrected chi connectivity index (χ4v) is 4.71. The molecular weight excluding hydrogens is 311 g/mol. The molecule has 1 heterocycles. The summed E-state index contributed by atoms with van der Waals surface area (Å²) in [5.74, 6) is -0.638. The third-order valence-corrected chi connectivity index (χ3v) is 6.08. The van der Waals surface area contributed by atoms with E-state index in [1.165, 1.54) is 21.7 Å². The topological polar surface area (TPSA) is 63.4 Å². The number of thiophene rings is 1. The maximum atomic E-state index is 13.5. The van der Waals surface area contributed by atoms with Crippen LogP contribution in [0.15, 0.2) is 40.6 Å². The van der Waals surface area contributed by atoms with Gasteiger partial charge in [0.15, 0.2) is 0 Å². The van der Waals surface area contributed by atoms with Gasteiger partial charge in [-0.2, -0.15) is 4.31 Å². The van der Waals surface area contributed by atoms with Crippen LogP contribution in [-0.2, 0) is 16.6 Å². The van der Waals surface area contributed by atoms with E-state index in [4.69, 9.17) is 5.73 Å². The lowest BCUT2D eigenvalue weighted by Crippen LogP contribution is -2.32. The predicted octanol–water partition coefficient (Wildman–Crippen LogP) is 2.82. The van der Waals surface area contributed by atoms with E-state index >= 15 is 0 Å². The summed E-state index contributed by atoms with van der Waals surface area (Å²) < 4.78 is 40.4. The molecule has 0 radical (unpaired) electrons. The Bertz CT molecular complexity index is 720. The van der Waals surface area contributed by atoms with Crippen molar-refractivity contribution in [1.82, 2.24) is 4.31 Å². The van der Waals surface area contributed by atoms with E-state index in [0.29, 0.717) is 6.54 Å². The van der Waals surface area contributed by atoms with Crippen molar-refractivity contribution >= 4 is 27.0 Å². The molecule has 2 N–H and O–H groups in total. The van der Waals surface area contributed by atoms with E-state index in [1.807, 2.05) is 17.5 Å². The minimum absolute atomic E-state index is 0.00147. The quantitative estimate of drug-likeness (QED) is 0.859. The first-order chi connectivity index (χ1) is 9.96. The smallest absolute Gasteiger partial charge is 0.243 e. The standard InChI is InChI=1S/C14H15FN2O2S2/c15-10-6-11(16)8-14(7-10)21(18,19)17(12-3-4-12)9-13-2-1-5-20-13/h1-2,5-8,12H,3-4,9,16H2. The fourth-order valence-electron chi connectivity index (χ4n) is 2.20. The van der Waals surface area contributed by atoms with Gasteiger partial charge in [-0.05, 0) is 42.5 Å². The number of halogens is 1. The van der Waals surface area contributed by atoms with E-state index < -0.39 is 15.8 Å². The third kappa shape index (κ3) is 3.09. The molecule has 0 bridgehead atoms. The molecule has 0 saturated heterocycles. The highest BCUT2D eigenvalue weighted by Gasteiger charge is 2.38. The van der Waals surface area contributed by atoms with Gasteiger partial charge in [-0.3, -0.25) is 0 Å². The molecule has 0 atom stereocenters. The lowest BCUT2D eigenvalue weighted by atomic mass is 10.3. The Morgan fingerprint density at radius 2 is 2.10 bits per heavy atom. The van der Waals surface area contributed by atoms with Gasteiger partial charge in [0.1, 0.15) is 5.82 Å². The Hall–Kier alpha value is -1.44. The van der Waals surface area contributed by atoms with Crippen LogP contribution >= 0.6 is 11.3 Å². The average molecular weight is 326 g/mol. The second-order valence-electron chi connectivity index (χ2n) is 5.08. The summed E-state index contributed by atoms with van der Waals surface area (Å²) in [7, 11) is -3.74. The summed E-state index contributed by atoms with van der Waals surface area (Å²) in [4.78, 5) is 0.887. The first-order valence-electron chi connectivity index (χ1n) is 6.57. The zero-order chi connectivity index (χ0) is 15.0. The van der Waals surface area contributed by atoms with Gasteiger partial charge in [-0.15, -0.1) is 11.3 Å². The van der Waals surface area contributed by atoms with Crippen molar-refractivity contribution in [2.24, 2.45) is 0 Å². The number of benzene rings is 1. The zero-order valence-electron chi connectivity index (χ0n) is 11.2. The van der Waals surface area contributed by atoms with Crippen LogP contribution < -0.4 is 5.73 Å². The third-order valence-electron chi connectivity index (χ3n) is 3.35. The Balaban J connectivity index is 1.97. The minimum Gasteiger partial charge on any atom is -0.399 e. The van der Waals surface area contributed by atoms with Crippen LogP contribution in [0.25, 0.3) is 0 Å². The Labute approximate surface area is 127 Å². The molecule has 0 spiro atoms. The normalized spacial score (nSPS) is 15.5. The molecule has 7 heteroatoms. The molecule has 1 aromatic heterocycles. The number of nitrogen functional groups attached to an aromatic ring is 1. The van der Waals surface area contributed by atoms with E-state index in [-0.39, 0.29) is 16.6 Å². The van der Waals surface area contributed by atoms with Gasteiger partial charge in [-0.1, -0.05) is 6.07 Å². The van der Waals surface area contributed by atoms with Crippen molar-refractivity contribution in [3.8, 4) is 0 Å². The highest BCUT2D eigenvalue weighted by atomic mass is 32.2. The van der Waals surface area contributed by atoms with E-state index in [0.717, 1.165) is 29.9 Å². The fraction of sp³-hybridized carbons (Fsp3) is 0.286. The highest BCUT2D eigenvalue weighted by Crippen LogP contribution is 2.34. The Morgan fingerprint density at radius 3 is 2.67 bits per heavy atom. The Morgan fingerprint density at radius 1 is 1.33 bits per heavy atom. The largest absolute Gasteiger partial charge is 0.399 e. The van der Waals surface area contributed by atoms with E-state index in [2.05, 4.69) is 0 Å². The summed E-state index contributed by atoms with van der Waals surface area (Å²) in [6.45, 7) is 0.321. The molecule has 1 aromatic carbocycles. The van der Waals surface area contributed by atoms with Gasteiger partial charge < -0.3 is 5.73 Å². The van der Waals surface area contributed by atoms with Crippen LogP contribution in [0.5, 0.6) is 0 Å². The highest BCUT2D eigenvalue weighted by molar-refractivity contribution is 7.89. The second-order valence-corrected chi connectivity index (χ2v) is 8.00. The molecule has 0 amide bonds. The molecular formula is C14H15FN2O2S2. The zero-order valence-corrected chi connectivity index (χ0v) is 12.8. The van der Waals surface area contributed by atoms with Crippen LogP contribution in [0.4, 0.5) is 10.1 Å². The van der Waals surface area contributed by atoms with Gasteiger partial charge in [0.05, 0.1) is 4.90 Å². The number of hydrogen-bond acceptors (Lipinski definition) is 4. The van der Waals surface area contributed by atoms with Gasteiger partial charge in [0.2, 0.25) is 10.0 Å². The predicted molar refractivity (Wildman–Crippen MR) is 80.9 cm³/mol. The van der Waals surface area contributed by atoms with Gasteiger partial charge in [-0.25, -0.2) is 12.8 Å². The molecule has 1 aliphatic rings. The number of anilines is 1. The number of nitrogens with two attached hydrogens (primary N) is 1. The molecule has 1 saturated carbocycles. The van der Waals surface area contributed by atoms with Crippen molar-refractivity contribution < 1.29 is 12.8 Å². The lowest BCUT2D eigenvalue weighted by molar-refractivity contribution is 0.401. The average Bonchev–Trinajstić information content (AvgIpc) is 3.11. The number of sulfonamides is 1. The molecule has 21 heavy (non-hydrogen) atoms. The molecule has 4 nitrogen and oxygen atoms in total. The first-order valence-corrected chi connectivity index (χ1v) is 8.89. The number of nitrogens with zero attached hydrogens (tertiary/aromatic N) is 1. The number of rotatable bonds is 5. The van der Waals surface area contributed by atoms with Crippen LogP contribution in [0, 0.1) is 5.82 Å². The summed E-state index contributed by atoms with van der Waals surface area (Å²) in [5.41, 5.74) is 5.67. The molecule has 1 aliphatic carbocycles. The van der Waals surface area contributed by atoms with Crippen molar-refractivity contribution in [3.05, 3.63) is 46.4 Å². The van der Waals surface area contributed by atoms with E-state index in [1.54, 1.807) is 0 Å². The van der Waals surface area contributed by atoms with E-state index in [9.17, 15) is 12.8 Å². The van der Waals surface area contributed by atoms with Gasteiger partial charge >= 0.3 is 0 Å². The minimum atomic E-state index is -3.74. The van der Waals surface area contributed by atoms with Crippen LogP contribution in [0.1, 0.15) is 17.7 Å². The van der Waals surface area contributed by atoms with Crippen molar-refractivity contribution in [2.45, 2.75) is 30.3 Å². The Kier molecular flexibility index (Phi) is 3.73. The monoisotopic (exact) mass is 326 g/mol. The van der Waals surface area contributed by atoms with Gasteiger partial charge in [0, 0.05) is 23.2 Å². The first kappa shape index (κ1) is 14.5. The molecule has 112 valence electrons. The summed E-state index contributed by atoms with van der Waals surface area (Å²) in [6.07, 6.45) is 1.69. The molecule has 0 unspecified atom stereocenters. The van der Waals surface area contributed by atoms with Crippen LogP contribution in [-0.4, -0.2) is 18.8 Å². The maximum absolute atomic E-state index is 13.5. The van der Waals surface area contributed by atoms with Crippen LogP contribution in [0.2, 0.25) is 0 Å². The van der Waals surface area contributed by atoms with Crippen molar-refractivity contribution in [3.63, 3.8) is 0 Å². The van der Waals surface area contributed by atoms with Crippen molar-refractivity contribution in [2.75, 3.05) is 5.73 Å². The molecule has 3 rings (SSSR count). The summed E-state index contributed by atoms with van der Waals surface area (Å²) in [5, 5.41) is 1.91. The van der Waals surface area contributed by atoms with Gasteiger partial charge in [0.25, 0.3) is 0 Å². The number of hydrogen-bond donors (Lipinski definition) is 1. The van der Waals surface area contributed by atoms with Crippen molar-refractivity contribution in [1.29, 1.82) is 0 Å². The summed E-state index contributed by atoms with van der Waals surface area (Å²) >= 11 is 1.51. The molecule has 1 fully saturated rings. The molecule has 2 aromatic rings.